The van der Waals surface area contributed by atoms with E-state index in [0.29, 0.717) is 11.1 Å². The molecule has 0 heterocycles. The van der Waals surface area contributed by atoms with Gasteiger partial charge in [-0.15, -0.1) is 0 Å². The summed E-state index contributed by atoms with van der Waals surface area (Å²) in [6.07, 6.45) is 0. The smallest absolute Gasteiger partial charge is 0.175 e. The standard InChI is InChI=1S/C22H16O2/c23-21-17-13-7-8-14-18(17)22(24)20(21)19(15-9-3-1-4-10-15)16-11-5-2-6-12-16/h1-14,19-20H. The maximum atomic E-state index is 13.0. The number of benzene rings is 3. The van der Waals surface area contributed by atoms with E-state index in [-0.39, 0.29) is 17.5 Å². The van der Waals surface area contributed by atoms with E-state index < -0.39 is 5.92 Å². The predicted octanol–water partition coefficient (Wildman–Crippen LogP) is 4.51. The lowest BCUT2D eigenvalue weighted by Crippen LogP contribution is -2.24. The highest BCUT2D eigenvalue weighted by Crippen LogP contribution is 2.40. The normalized spacial score (nSPS) is 14.2. The van der Waals surface area contributed by atoms with E-state index in [1.165, 1.54) is 0 Å². The van der Waals surface area contributed by atoms with Gasteiger partial charge >= 0.3 is 0 Å². The number of Topliss-reactive ketones (excluding diaryl/α,β-unsaturated/α-hetero) is 2. The van der Waals surface area contributed by atoms with Gasteiger partial charge in [-0.3, -0.25) is 9.59 Å². The van der Waals surface area contributed by atoms with E-state index in [1.54, 1.807) is 12.1 Å². The SMILES string of the molecule is O=C1c2ccccc2C(=O)C1C(c1ccccc1)c1ccccc1. The second kappa shape index (κ2) is 5.89. The summed E-state index contributed by atoms with van der Waals surface area (Å²) in [5, 5.41) is 0. The Balaban J connectivity index is 1.87. The van der Waals surface area contributed by atoms with E-state index in [1.807, 2.05) is 72.8 Å². The Morgan fingerprint density at radius 1 is 0.542 bits per heavy atom. The number of hydrogen-bond donors (Lipinski definition) is 0. The van der Waals surface area contributed by atoms with Crippen molar-refractivity contribution in [3.63, 3.8) is 0 Å². The molecule has 0 saturated heterocycles. The number of hydrogen-bond acceptors (Lipinski definition) is 2. The zero-order chi connectivity index (χ0) is 16.5. The Labute approximate surface area is 140 Å². The van der Waals surface area contributed by atoms with Crippen molar-refractivity contribution in [2.75, 3.05) is 0 Å². The average molecular weight is 312 g/mol. The van der Waals surface area contributed by atoms with Crippen LogP contribution in [0.15, 0.2) is 84.9 Å². The minimum atomic E-state index is -0.688. The molecule has 0 unspecified atom stereocenters. The molecule has 0 radical (unpaired) electrons. The lowest BCUT2D eigenvalue weighted by molar-refractivity contribution is 0.0825. The average Bonchev–Trinajstić information content (AvgIpc) is 2.90. The van der Waals surface area contributed by atoms with E-state index in [9.17, 15) is 9.59 Å². The van der Waals surface area contributed by atoms with Gasteiger partial charge in [0.1, 0.15) is 0 Å². The van der Waals surface area contributed by atoms with Gasteiger partial charge in [-0.2, -0.15) is 0 Å². The van der Waals surface area contributed by atoms with Gasteiger partial charge in [-0.05, 0) is 11.1 Å². The lowest BCUT2D eigenvalue weighted by atomic mass is 9.78. The Hall–Kier alpha value is -3.00. The molecule has 3 aromatic carbocycles. The molecule has 4 rings (SSSR count). The summed E-state index contributed by atoms with van der Waals surface area (Å²) in [6.45, 7) is 0. The van der Waals surface area contributed by atoms with Crippen molar-refractivity contribution >= 4 is 11.6 Å². The molecule has 1 aliphatic rings. The molecule has 0 amide bonds. The second-order valence-corrected chi connectivity index (χ2v) is 6.05. The molecule has 116 valence electrons. The van der Waals surface area contributed by atoms with Gasteiger partial charge < -0.3 is 0 Å². The Bertz CT molecular complexity index is 823. The Kier molecular flexibility index (Phi) is 3.58. The predicted molar refractivity (Wildman–Crippen MR) is 93.3 cm³/mol. The highest BCUT2D eigenvalue weighted by molar-refractivity contribution is 6.27. The fourth-order valence-corrected chi connectivity index (χ4v) is 3.57. The van der Waals surface area contributed by atoms with E-state index in [0.717, 1.165) is 11.1 Å². The maximum Gasteiger partial charge on any atom is 0.175 e. The van der Waals surface area contributed by atoms with E-state index in [2.05, 4.69) is 0 Å². The largest absolute Gasteiger partial charge is 0.293 e. The molecule has 0 aromatic heterocycles. The highest BCUT2D eigenvalue weighted by Gasteiger charge is 2.44. The topological polar surface area (TPSA) is 34.1 Å². The van der Waals surface area contributed by atoms with Crippen molar-refractivity contribution < 1.29 is 9.59 Å². The van der Waals surface area contributed by atoms with Crippen LogP contribution in [0.25, 0.3) is 0 Å². The molecule has 2 heteroatoms. The molecule has 24 heavy (non-hydrogen) atoms. The molecular formula is C22H16O2. The van der Waals surface area contributed by atoms with Crippen LogP contribution in [-0.4, -0.2) is 11.6 Å². The van der Waals surface area contributed by atoms with Crippen LogP contribution in [0.3, 0.4) is 0 Å². The molecule has 1 aliphatic carbocycles. The van der Waals surface area contributed by atoms with Gasteiger partial charge in [-0.25, -0.2) is 0 Å². The lowest BCUT2D eigenvalue weighted by Gasteiger charge is -2.22. The van der Waals surface area contributed by atoms with Gasteiger partial charge in [0.2, 0.25) is 0 Å². The summed E-state index contributed by atoms with van der Waals surface area (Å²) < 4.78 is 0. The minimum absolute atomic E-state index is 0.0756. The molecular weight excluding hydrogens is 296 g/mol. The van der Waals surface area contributed by atoms with Gasteiger partial charge in [0, 0.05) is 17.0 Å². The van der Waals surface area contributed by atoms with E-state index in [4.69, 9.17) is 0 Å². The molecule has 2 nitrogen and oxygen atoms in total. The first-order valence-electron chi connectivity index (χ1n) is 8.04. The third-order valence-corrected chi connectivity index (χ3v) is 4.67. The number of carbonyl (C=O) groups is 2. The molecule has 0 spiro atoms. The summed E-state index contributed by atoms with van der Waals surface area (Å²) in [7, 11) is 0. The highest BCUT2D eigenvalue weighted by atomic mass is 16.2. The van der Waals surface area contributed by atoms with Crippen LogP contribution in [0, 0.1) is 5.92 Å². The first-order valence-corrected chi connectivity index (χ1v) is 8.04. The maximum absolute atomic E-state index is 13.0. The van der Waals surface area contributed by atoms with Gasteiger partial charge in [0.05, 0.1) is 5.92 Å². The number of fused-ring (bicyclic) bond motifs is 1. The number of ketones is 2. The van der Waals surface area contributed by atoms with Crippen LogP contribution < -0.4 is 0 Å². The zero-order valence-electron chi connectivity index (χ0n) is 13.1. The van der Waals surface area contributed by atoms with Crippen molar-refractivity contribution in [3.05, 3.63) is 107 Å². The van der Waals surface area contributed by atoms with Crippen molar-refractivity contribution in [3.8, 4) is 0 Å². The first kappa shape index (κ1) is 14.6. The van der Waals surface area contributed by atoms with Crippen molar-refractivity contribution in [2.24, 2.45) is 5.92 Å². The first-order chi connectivity index (χ1) is 11.8. The summed E-state index contributed by atoms with van der Waals surface area (Å²) >= 11 is 0. The molecule has 0 fully saturated rings. The van der Waals surface area contributed by atoms with Crippen LogP contribution >= 0.6 is 0 Å². The molecule has 0 atom stereocenters. The van der Waals surface area contributed by atoms with Gasteiger partial charge in [0.15, 0.2) is 11.6 Å². The fraction of sp³-hybridized carbons (Fsp3) is 0.0909. The number of rotatable bonds is 3. The van der Waals surface area contributed by atoms with Gasteiger partial charge in [-0.1, -0.05) is 84.9 Å². The minimum Gasteiger partial charge on any atom is -0.293 e. The van der Waals surface area contributed by atoms with Gasteiger partial charge in [0.25, 0.3) is 0 Å². The summed E-state index contributed by atoms with van der Waals surface area (Å²) in [5.74, 6) is -1.10. The Morgan fingerprint density at radius 3 is 1.33 bits per heavy atom. The third-order valence-electron chi connectivity index (χ3n) is 4.67. The summed E-state index contributed by atoms with van der Waals surface area (Å²) in [5.41, 5.74) is 3.07. The fourth-order valence-electron chi connectivity index (χ4n) is 3.57. The molecule has 0 saturated carbocycles. The van der Waals surface area contributed by atoms with Crippen LogP contribution in [0.5, 0.6) is 0 Å². The van der Waals surface area contributed by atoms with Crippen LogP contribution in [0.2, 0.25) is 0 Å². The quantitative estimate of drug-likeness (QED) is 0.667. The monoisotopic (exact) mass is 312 g/mol. The van der Waals surface area contributed by atoms with Crippen LogP contribution in [0.4, 0.5) is 0 Å². The van der Waals surface area contributed by atoms with Crippen molar-refractivity contribution in [1.29, 1.82) is 0 Å². The zero-order valence-corrected chi connectivity index (χ0v) is 13.1. The third kappa shape index (κ3) is 2.28. The summed E-state index contributed by atoms with van der Waals surface area (Å²) in [4.78, 5) is 25.9. The molecule has 3 aromatic rings. The molecule has 0 bridgehead atoms. The van der Waals surface area contributed by atoms with E-state index >= 15 is 0 Å². The molecule has 0 N–H and O–H groups in total. The van der Waals surface area contributed by atoms with Crippen molar-refractivity contribution in [2.45, 2.75) is 5.92 Å². The Morgan fingerprint density at radius 2 is 0.917 bits per heavy atom. The summed E-state index contributed by atoms with van der Waals surface area (Å²) in [6, 6.07) is 26.8. The van der Waals surface area contributed by atoms with Crippen LogP contribution in [0.1, 0.15) is 37.8 Å². The molecule has 0 aliphatic heterocycles. The second-order valence-electron chi connectivity index (χ2n) is 6.05. The number of carbonyl (C=O) groups excluding carboxylic acids is 2. The van der Waals surface area contributed by atoms with Crippen molar-refractivity contribution in [1.82, 2.24) is 0 Å². The van der Waals surface area contributed by atoms with Crippen LogP contribution in [-0.2, 0) is 0 Å².